The summed E-state index contributed by atoms with van der Waals surface area (Å²) >= 11 is 0. The molecular weight excluding hydrogens is 192 g/mol. The highest BCUT2D eigenvalue weighted by Gasteiger charge is 2.28. The molecule has 15 heavy (non-hydrogen) atoms. The fraction of sp³-hybridized carbons (Fsp3) is 0.909. The van der Waals surface area contributed by atoms with Gasteiger partial charge in [-0.1, -0.05) is 13.8 Å². The van der Waals surface area contributed by atoms with Gasteiger partial charge in [-0.05, 0) is 24.7 Å². The average molecular weight is 214 g/mol. The van der Waals surface area contributed by atoms with Crippen LogP contribution in [-0.2, 0) is 9.53 Å². The van der Waals surface area contributed by atoms with E-state index in [0.29, 0.717) is 13.0 Å². The zero-order valence-corrected chi connectivity index (χ0v) is 9.71. The highest BCUT2D eigenvalue weighted by molar-refractivity contribution is 5.81. The van der Waals surface area contributed by atoms with E-state index in [-0.39, 0.29) is 17.4 Å². The van der Waals surface area contributed by atoms with Crippen LogP contribution in [0.4, 0.5) is 0 Å². The predicted octanol–water partition coefficient (Wildman–Crippen LogP) is 0.657. The Labute approximate surface area is 91.5 Å². The summed E-state index contributed by atoms with van der Waals surface area (Å²) in [7, 11) is 0. The highest BCUT2D eigenvalue weighted by atomic mass is 16.5. The summed E-state index contributed by atoms with van der Waals surface area (Å²) in [5, 5.41) is 2.92. The predicted molar refractivity (Wildman–Crippen MR) is 59.4 cm³/mol. The van der Waals surface area contributed by atoms with E-state index in [4.69, 9.17) is 10.5 Å². The molecule has 1 fully saturated rings. The zero-order chi connectivity index (χ0) is 11.3. The number of nitrogens with one attached hydrogen (secondary N) is 1. The smallest absolute Gasteiger partial charge is 0.236 e. The Bertz CT molecular complexity index is 213. The number of amides is 1. The van der Waals surface area contributed by atoms with Crippen LogP contribution in [0.25, 0.3) is 0 Å². The molecule has 3 N–H and O–H groups in total. The number of hydrogen-bond donors (Lipinski definition) is 2. The Hall–Kier alpha value is -0.610. The van der Waals surface area contributed by atoms with Crippen LogP contribution in [0.5, 0.6) is 0 Å². The van der Waals surface area contributed by atoms with Gasteiger partial charge in [0.1, 0.15) is 0 Å². The first-order chi connectivity index (χ1) is 7.07. The third-order valence-electron chi connectivity index (χ3n) is 3.17. The summed E-state index contributed by atoms with van der Waals surface area (Å²) in [6, 6.07) is -0.367. The Morgan fingerprint density at radius 2 is 2.13 bits per heavy atom. The van der Waals surface area contributed by atoms with E-state index in [0.717, 1.165) is 26.1 Å². The van der Waals surface area contributed by atoms with Crippen LogP contribution in [0, 0.1) is 5.41 Å². The number of carbonyl (C=O) groups is 1. The molecule has 0 aromatic carbocycles. The number of rotatable bonds is 4. The molecule has 0 saturated carbocycles. The maximum absolute atomic E-state index is 11.5. The molecule has 0 aliphatic carbocycles. The Morgan fingerprint density at radius 1 is 1.53 bits per heavy atom. The maximum atomic E-state index is 11.5. The minimum Gasteiger partial charge on any atom is -0.381 e. The normalized spacial score (nSPS) is 22.1. The van der Waals surface area contributed by atoms with Crippen molar-refractivity contribution in [3.05, 3.63) is 0 Å². The van der Waals surface area contributed by atoms with Gasteiger partial charge in [-0.2, -0.15) is 0 Å². The minimum atomic E-state index is -0.367. The van der Waals surface area contributed by atoms with E-state index in [9.17, 15) is 4.79 Å². The van der Waals surface area contributed by atoms with E-state index in [2.05, 4.69) is 12.2 Å². The molecule has 1 amide bonds. The molecule has 0 spiro atoms. The molecule has 1 rings (SSSR count). The average Bonchev–Trinajstić information content (AvgIpc) is 2.26. The molecule has 1 aliphatic rings. The van der Waals surface area contributed by atoms with Crippen molar-refractivity contribution in [3.63, 3.8) is 0 Å². The van der Waals surface area contributed by atoms with Gasteiger partial charge in [0.2, 0.25) is 5.91 Å². The lowest BCUT2D eigenvalue weighted by atomic mass is 9.82. The SMILES string of the molecule is CCC(N)C(=O)NCC1(C)CCOCC1. The standard InChI is InChI=1S/C11H22N2O2/c1-3-9(12)10(14)13-8-11(2)4-6-15-7-5-11/h9H,3-8,12H2,1-2H3,(H,13,14). The van der Waals surface area contributed by atoms with Gasteiger partial charge in [0.25, 0.3) is 0 Å². The van der Waals surface area contributed by atoms with Crippen LogP contribution in [-0.4, -0.2) is 31.7 Å². The highest BCUT2D eigenvalue weighted by Crippen LogP contribution is 2.28. The van der Waals surface area contributed by atoms with Crippen LogP contribution in [0.3, 0.4) is 0 Å². The fourth-order valence-corrected chi connectivity index (χ4v) is 1.66. The van der Waals surface area contributed by atoms with Gasteiger partial charge in [0.05, 0.1) is 6.04 Å². The lowest BCUT2D eigenvalue weighted by molar-refractivity contribution is -0.123. The minimum absolute atomic E-state index is 0.0368. The molecule has 0 aromatic heterocycles. The number of nitrogens with two attached hydrogens (primary N) is 1. The first-order valence-corrected chi connectivity index (χ1v) is 5.68. The van der Waals surface area contributed by atoms with Crippen LogP contribution in [0.1, 0.15) is 33.1 Å². The summed E-state index contributed by atoms with van der Waals surface area (Å²) in [4.78, 5) is 11.5. The summed E-state index contributed by atoms with van der Waals surface area (Å²) in [5.41, 5.74) is 5.82. The first kappa shape index (κ1) is 12.5. The molecule has 4 heteroatoms. The van der Waals surface area contributed by atoms with Crippen LogP contribution < -0.4 is 11.1 Å². The molecule has 88 valence electrons. The lowest BCUT2D eigenvalue weighted by Gasteiger charge is -2.33. The van der Waals surface area contributed by atoms with Gasteiger partial charge in [-0.15, -0.1) is 0 Å². The topological polar surface area (TPSA) is 64.4 Å². The van der Waals surface area contributed by atoms with Crippen LogP contribution >= 0.6 is 0 Å². The fourth-order valence-electron chi connectivity index (χ4n) is 1.66. The van der Waals surface area contributed by atoms with Crippen molar-refractivity contribution in [1.82, 2.24) is 5.32 Å². The van der Waals surface area contributed by atoms with Crippen molar-refractivity contribution in [2.24, 2.45) is 11.1 Å². The van der Waals surface area contributed by atoms with Gasteiger partial charge >= 0.3 is 0 Å². The van der Waals surface area contributed by atoms with Crippen molar-refractivity contribution < 1.29 is 9.53 Å². The number of ether oxygens (including phenoxy) is 1. The molecule has 0 bridgehead atoms. The van der Waals surface area contributed by atoms with Gasteiger partial charge < -0.3 is 15.8 Å². The second kappa shape index (κ2) is 5.47. The molecule has 1 aliphatic heterocycles. The summed E-state index contributed by atoms with van der Waals surface area (Å²) in [6.45, 7) is 6.41. The van der Waals surface area contributed by atoms with E-state index >= 15 is 0 Å². The Balaban J connectivity index is 2.31. The van der Waals surface area contributed by atoms with Crippen molar-refractivity contribution in [3.8, 4) is 0 Å². The largest absolute Gasteiger partial charge is 0.381 e. The quantitative estimate of drug-likeness (QED) is 0.722. The van der Waals surface area contributed by atoms with Crippen LogP contribution in [0.15, 0.2) is 0 Å². The zero-order valence-electron chi connectivity index (χ0n) is 9.71. The van der Waals surface area contributed by atoms with Crippen molar-refractivity contribution in [2.45, 2.75) is 39.2 Å². The van der Waals surface area contributed by atoms with Gasteiger partial charge in [0.15, 0.2) is 0 Å². The molecule has 1 heterocycles. The lowest BCUT2D eigenvalue weighted by Crippen LogP contribution is -2.45. The molecule has 1 atom stereocenters. The second-order valence-corrected chi connectivity index (χ2v) is 4.66. The third kappa shape index (κ3) is 3.80. The second-order valence-electron chi connectivity index (χ2n) is 4.66. The third-order valence-corrected chi connectivity index (χ3v) is 3.17. The summed E-state index contributed by atoms with van der Waals surface area (Å²) in [5.74, 6) is -0.0368. The van der Waals surface area contributed by atoms with E-state index < -0.39 is 0 Å². The first-order valence-electron chi connectivity index (χ1n) is 5.68. The van der Waals surface area contributed by atoms with Gasteiger partial charge in [-0.25, -0.2) is 0 Å². The monoisotopic (exact) mass is 214 g/mol. The summed E-state index contributed by atoms with van der Waals surface area (Å²) < 4.78 is 5.30. The summed E-state index contributed by atoms with van der Waals surface area (Å²) in [6.07, 6.45) is 2.70. The maximum Gasteiger partial charge on any atom is 0.236 e. The Kier molecular flexibility index (Phi) is 4.54. The van der Waals surface area contributed by atoms with Gasteiger partial charge in [0, 0.05) is 19.8 Å². The Morgan fingerprint density at radius 3 is 2.67 bits per heavy atom. The van der Waals surface area contributed by atoms with Crippen molar-refractivity contribution >= 4 is 5.91 Å². The number of hydrogen-bond acceptors (Lipinski definition) is 3. The molecule has 1 unspecified atom stereocenters. The van der Waals surface area contributed by atoms with E-state index in [1.807, 2.05) is 6.92 Å². The molecule has 4 nitrogen and oxygen atoms in total. The molecular formula is C11H22N2O2. The van der Waals surface area contributed by atoms with Crippen LogP contribution in [0.2, 0.25) is 0 Å². The molecule has 0 radical (unpaired) electrons. The van der Waals surface area contributed by atoms with Gasteiger partial charge in [-0.3, -0.25) is 4.79 Å². The van der Waals surface area contributed by atoms with Crippen molar-refractivity contribution in [2.75, 3.05) is 19.8 Å². The molecule has 1 saturated heterocycles. The van der Waals surface area contributed by atoms with E-state index in [1.165, 1.54) is 0 Å². The molecule has 0 aromatic rings. The van der Waals surface area contributed by atoms with Crippen molar-refractivity contribution in [1.29, 1.82) is 0 Å². The van der Waals surface area contributed by atoms with E-state index in [1.54, 1.807) is 0 Å². The number of carbonyl (C=O) groups excluding carboxylic acids is 1.